The molecule has 2 rings (SSSR count). The highest BCUT2D eigenvalue weighted by atomic mass is 35.5. The maximum Gasteiger partial charge on any atom is 0.0458 e. The molecule has 0 fully saturated rings. The molecule has 0 heterocycles. The molecule has 0 aliphatic heterocycles. The average molecular weight is 255 g/mol. The molecule has 0 saturated heterocycles. The molecular formula is C14H16Cl2. The third-order valence-electron chi connectivity index (χ3n) is 3.10. The van der Waals surface area contributed by atoms with Gasteiger partial charge in [0.1, 0.15) is 0 Å². The predicted molar refractivity (Wildman–Crippen MR) is 72.3 cm³/mol. The number of benzene rings is 1. The Bertz CT molecular complexity index is 419. The Morgan fingerprint density at radius 2 is 2.00 bits per heavy atom. The summed E-state index contributed by atoms with van der Waals surface area (Å²) in [7, 11) is 0. The number of unbranched alkanes of at least 4 members (excludes halogenated alkanes) is 1. The zero-order valence-electron chi connectivity index (χ0n) is 9.52. The molecule has 1 aromatic rings. The van der Waals surface area contributed by atoms with Gasteiger partial charge in [-0.05, 0) is 48.9 Å². The highest BCUT2D eigenvalue weighted by molar-refractivity contribution is 6.35. The van der Waals surface area contributed by atoms with Crippen LogP contribution in [0.25, 0.3) is 6.08 Å². The van der Waals surface area contributed by atoms with Crippen molar-refractivity contribution in [2.75, 3.05) is 0 Å². The van der Waals surface area contributed by atoms with Gasteiger partial charge in [0, 0.05) is 10.0 Å². The Labute approximate surface area is 107 Å². The minimum absolute atomic E-state index is 0.733. The average Bonchev–Trinajstić information content (AvgIpc) is 2.25. The van der Waals surface area contributed by atoms with E-state index in [-0.39, 0.29) is 0 Å². The summed E-state index contributed by atoms with van der Waals surface area (Å²) in [4.78, 5) is 0. The summed E-state index contributed by atoms with van der Waals surface area (Å²) in [5, 5.41) is 1.55. The fourth-order valence-corrected chi connectivity index (χ4v) is 2.80. The molecule has 2 heteroatoms. The van der Waals surface area contributed by atoms with Gasteiger partial charge in [0.15, 0.2) is 0 Å². The SMILES string of the molecule is CCCCC1=Cc2cc(Cl)cc(Cl)c2CC1. The van der Waals surface area contributed by atoms with Crippen LogP contribution in [0.5, 0.6) is 0 Å². The number of fused-ring (bicyclic) bond motifs is 1. The van der Waals surface area contributed by atoms with Crippen molar-refractivity contribution in [3.8, 4) is 0 Å². The van der Waals surface area contributed by atoms with Crippen LogP contribution in [0.4, 0.5) is 0 Å². The molecule has 0 unspecified atom stereocenters. The molecule has 0 spiro atoms. The second-order valence-corrected chi connectivity index (χ2v) is 5.21. The Morgan fingerprint density at radius 3 is 2.75 bits per heavy atom. The van der Waals surface area contributed by atoms with E-state index in [4.69, 9.17) is 23.2 Å². The molecule has 0 N–H and O–H groups in total. The molecule has 1 aliphatic rings. The highest BCUT2D eigenvalue weighted by Crippen LogP contribution is 2.33. The fraction of sp³-hybridized carbons (Fsp3) is 0.429. The van der Waals surface area contributed by atoms with E-state index in [9.17, 15) is 0 Å². The van der Waals surface area contributed by atoms with E-state index >= 15 is 0 Å². The molecule has 0 nitrogen and oxygen atoms in total. The van der Waals surface area contributed by atoms with Crippen molar-refractivity contribution < 1.29 is 0 Å². The van der Waals surface area contributed by atoms with E-state index in [1.807, 2.05) is 12.1 Å². The van der Waals surface area contributed by atoms with Crippen LogP contribution in [-0.4, -0.2) is 0 Å². The van der Waals surface area contributed by atoms with Crippen LogP contribution in [0.15, 0.2) is 17.7 Å². The Hall–Kier alpha value is -0.460. The van der Waals surface area contributed by atoms with E-state index in [1.165, 1.54) is 36.0 Å². The lowest BCUT2D eigenvalue weighted by Gasteiger charge is -2.18. The van der Waals surface area contributed by atoms with E-state index < -0.39 is 0 Å². The van der Waals surface area contributed by atoms with Gasteiger partial charge in [-0.15, -0.1) is 0 Å². The first kappa shape index (κ1) is 12.0. The maximum atomic E-state index is 6.19. The second-order valence-electron chi connectivity index (χ2n) is 4.36. The van der Waals surface area contributed by atoms with Crippen molar-refractivity contribution in [2.24, 2.45) is 0 Å². The van der Waals surface area contributed by atoms with Crippen LogP contribution in [0, 0.1) is 0 Å². The van der Waals surface area contributed by atoms with Crippen LogP contribution in [0.1, 0.15) is 43.7 Å². The van der Waals surface area contributed by atoms with Gasteiger partial charge < -0.3 is 0 Å². The van der Waals surface area contributed by atoms with Gasteiger partial charge in [-0.25, -0.2) is 0 Å². The van der Waals surface area contributed by atoms with Gasteiger partial charge >= 0.3 is 0 Å². The van der Waals surface area contributed by atoms with Crippen LogP contribution >= 0.6 is 23.2 Å². The van der Waals surface area contributed by atoms with Crippen LogP contribution < -0.4 is 0 Å². The predicted octanol–water partition coefficient (Wildman–Crippen LogP) is 5.51. The Balaban J connectivity index is 2.28. The van der Waals surface area contributed by atoms with Crippen molar-refractivity contribution in [1.29, 1.82) is 0 Å². The first-order valence-electron chi connectivity index (χ1n) is 5.88. The standard InChI is InChI=1S/C14H16Cl2/c1-2-3-4-10-5-6-13-11(7-10)8-12(15)9-14(13)16/h7-9H,2-6H2,1H3. The van der Waals surface area contributed by atoms with Crippen LogP contribution in [-0.2, 0) is 6.42 Å². The molecule has 0 amide bonds. The quantitative estimate of drug-likeness (QED) is 0.667. The van der Waals surface area contributed by atoms with Gasteiger partial charge in [-0.2, -0.15) is 0 Å². The largest absolute Gasteiger partial charge is 0.0843 e. The molecule has 0 atom stereocenters. The summed E-state index contributed by atoms with van der Waals surface area (Å²) >= 11 is 12.2. The molecule has 0 aromatic heterocycles. The molecule has 1 aromatic carbocycles. The lowest BCUT2D eigenvalue weighted by molar-refractivity contribution is 0.749. The lowest BCUT2D eigenvalue weighted by atomic mass is 9.90. The van der Waals surface area contributed by atoms with Crippen molar-refractivity contribution >= 4 is 29.3 Å². The normalized spacial score (nSPS) is 14.6. The monoisotopic (exact) mass is 254 g/mol. The lowest BCUT2D eigenvalue weighted by Crippen LogP contribution is -2.00. The van der Waals surface area contributed by atoms with Gasteiger partial charge in [0.25, 0.3) is 0 Å². The maximum absolute atomic E-state index is 6.19. The molecular weight excluding hydrogens is 239 g/mol. The van der Waals surface area contributed by atoms with Gasteiger partial charge in [0.2, 0.25) is 0 Å². The van der Waals surface area contributed by atoms with Crippen molar-refractivity contribution in [3.05, 3.63) is 38.9 Å². The fourth-order valence-electron chi connectivity index (χ4n) is 2.19. The highest BCUT2D eigenvalue weighted by Gasteiger charge is 2.13. The van der Waals surface area contributed by atoms with Crippen molar-refractivity contribution in [3.63, 3.8) is 0 Å². The number of halogens is 2. The van der Waals surface area contributed by atoms with Crippen molar-refractivity contribution in [1.82, 2.24) is 0 Å². The molecule has 0 saturated carbocycles. The van der Waals surface area contributed by atoms with E-state index in [0.717, 1.165) is 22.9 Å². The zero-order chi connectivity index (χ0) is 11.5. The minimum Gasteiger partial charge on any atom is -0.0843 e. The summed E-state index contributed by atoms with van der Waals surface area (Å²) in [6, 6.07) is 3.86. The summed E-state index contributed by atoms with van der Waals surface area (Å²) in [6.45, 7) is 2.23. The number of hydrogen-bond donors (Lipinski definition) is 0. The number of rotatable bonds is 3. The van der Waals surface area contributed by atoms with E-state index in [2.05, 4.69) is 13.0 Å². The Morgan fingerprint density at radius 1 is 1.19 bits per heavy atom. The Kier molecular flexibility index (Phi) is 3.94. The first-order chi connectivity index (χ1) is 7.70. The number of allylic oxidation sites excluding steroid dienone is 1. The second kappa shape index (κ2) is 5.25. The molecule has 0 bridgehead atoms. The molecule has 16 heavy (non-hydrogen) atoms. The third kappa shape index (κ3) is 2.61. The van der Waals surface area contributed by atoms with Crippen molar-refractivity contribution in [2.45, 2.75) is 39.0 Å². The van der Waals surface area contributed by atoms with E-state index in [1.54, 1.807) is 0 Å². The van der Waals surface area contributed by atoms with Gasteiger partial charge in [-0.1, -0.05) is 48.2 Å². The molecule has 86 valence electrons. The summed E-state index contributed by atoms with van der Waals surface area (Å²) in [5.41, 5.74) is 4.01. The van der Waals surface area contributed by atoms with Crippen LogP contribution in [0.2, 0.25) is 10.0 Å². The summed E-state index contributed by atoms with van der Waals surface area (Å²) in [5.74, 6) is 0. The topological polar surface area (TPSA) is 0 Å². The zero-order valence-corrected chi connectivity index (χ0v) is 11.0. The van der Waals surface area contributed by atoms with Gasteiger partial charge in [0.05, 0.1) is 0 Å². The number of hydrogen-bond acceptors (Lipinski definition) is 0. The smallest absolute Gasteiger partial charge is 0.0458 e. The first-order valence-corrected chi connectivity index (χ1v) is 6.63. The molecule has 1 aliphatic carbocycles. The van der Waals surface area contributed by atoms with Crippen LogP contribution in [0.3, 0.4) is 0 Å². The summed E-state index contributed by atoms with van der Waals surface area (Å²) < 4.78 is 0. The van der Waals surface area contributed by atoms with Gasteiger partial charge in [-0.3, -0.25) is 0 Å². The molecule has 0 radical (unpaired) electrons. The van der Waals surface area contributed by atoms with E-state index in [0.29, 0.717) is 0 Å². The minimum atomic E-state index is 0.733. The summed E-state index contributed by atoms with van der Waals surface area (Å²) in [6.07, 6.45) is 8.21. The third-order valence-corrected chi connectivity index (χ3v) is 3.66.